The highest BCUT2D eigenvalue weighted by atomic mass is 19.1. The first kappa shape index (κ1) is 13.5. The van der Waals surface area contributed by atoms with Crippen LogP contribution in [0.2, 0.25) is 0 Å². The normalized spacial score (nSPS) is 12.3. The summed E-state index contributed by atoms with van der Waals surface area (Å²) in [5.41, 5.74) is 3.94. The fourth-order valence-corrected chi connectivity index (χ4v) is 1.99. The Labute approximate surface area is 112 Å². The molecule has 0 saturated carbocycles. The van der Waals surface area contributed by atoms with Gasteiger partial charge in [-0.1, -0.05) is 6.07 Å². The molecule has 0 aliphatic heterocycles. The van der Waals surface area contributed by atoms with Gasteiger partial charge in [-0.3, -0.25) is 0 Å². The molecule has 0 aliphatic rings. The molecule has 0 spiro atoms. The lowest BCUT2D eigenvalue weighted by atomic mass is 10.1. The summed E-state index contributed by atoms with van der Waals surface area (Å²) < 4.78 is 26.4. The molecule has 0 fully saturated rings. The van der Waals surface area contributed by atoms with Crippen LogP contribution in [-0.2, 0) is 0 Å². The summed E-state index contributed by atoms with van der Waals surface area (Å²) in [4.78, 5) is 0. The Kier molecular flexibility index (Phi) is 3.84. The van der Waals surface area contributed by atoms with Crippen molar-refractivity contribution in [3.05, 3.63) is 64.7 Å². The quantitative estimate of drug-likeness (QED) is 0.840. The highest BCUT2D eigenvalue weighted by molar-refractivity contribution is 5.49. The van der Waals surface area contributed by atoms with E-state index in [1.54, 1.807) is 0 Å². The van der Waals surface area contributed by atoms with Crippen molar-refractivity contribution in [2.45, 2.75) is 26.8 Å². The minimum absolute atomic E-state index is 0.160. The first-order chi connectivity index (χ1) is 8.95. The zero-order valence-electron chi connectivity index (χ0n) is 11.3. The van der Waals surface area contributed by atoms with Crippen molar-refractivity contribution >= 4 is 5.69 Å². The van der Waals surface area contributed by atoms with Crippen LogP contribution in [0.25, 0.3) is 0 Å². The third kappa shape index (κ3) is 3.31. The van der Waals surface area contributed by atoms with Gasteiger partial charge in [-0.2, -0.15) is 0 Å². The van der Waals surface area contributed by atoms with Gasteiger partial charge in [0.25, 0.3) is 0 Å². The Morgan fingerprint density at radius 3 is 2.11 bits per heavy atom. The summed E-state index contributed by atoms with van der Waals surface area (Å²) in [5.74, 6) is -1.10. The van der Waals surface area contributed by atoms with Crippen molar-refractivity contribution in [1.82, 2.24) is 0 Å². The average Bonchev–Trinajstić information content (AvgIpc) is 2.32. The minimum atomic E-state index is -0.552. The maximum absolute atomic E-state index is 13.2. The Morgan fingerprint density at radius 1 is 0.895 bits per heavy atom. The number of hydrogen-bond donors (Lipinski definition) is 1. The van der Waals surface area contributed by atoms with Crippen LogP contribution in [-0.4, -0.2) is 0 Å². The lowest BCUT2D eigenvalue weighted by Gasteiger charge is -2.17. The molecule has 2 aromatic rings. The highest BCUT2D eigenvalue weighted by Gasteiger charge is 2.09. The van der Waals surface area contributed by atoms with Crippen molar-refractivity contribution in [1.29, 1.82) is 0 Å². The molecule has 0 heterocycles. The predicted octanol–water partition coefficient (Wildman–Crippen LogP) is 4.75. The molecule has 0 bridgehead atoms. The second kappa shape index (κ2) is 5.39. The third-order valence-electron chi connectivity index (χ3n) is 3.27. The van der Waals surface area contributed by atoms with Gasteiger partial charge in [-0.25, -0.2) is 8.78 Å². The van der Waals surface area contributed by atoms with Gasteiger partial charge < -0.3 is 5.32 Å². The van der Waals surface area contributed by atoms with Crippen molar-refractivity contribution in [2.75, 3.05) is 5.32 Å². The van der Waals surface area contributed by atoms with Crippen LogP contribution in [0.1, 0.15) is 29.7 Å². The summed E-state index contributed by atoms with van der Waals surface area (Å²) >= 11 is 0. The maximum Gasteiger partial charge on any atom is 0.126 e. The summed E-state index contributed by atoms with van der Waals surface area (Å²) in [6, 6.07) is 9.44. The van der Waals surface area contributed by atoms with E-state index in [1.165, 1.54) is 23.3 Å². The van der Waals surface area contributed by atoms with Crippen LogP contribution in [0.5, 0.6) is 0 Å². The number of aryl methyl sites for hydroxylation is 2. The van der Waals surface area contributed by atoms with Gasteiger partial charge in [0.05, 0.1) is 0 Å². The smallest absolute Gasteiger partial charge is 0.126 e. The zero-order chi connectivity index (χ0) is 14.0. The summed E-state index contributed by atoms with van der Waals surface area (Å²) in [6.45, 7) is 5.96. The Bertz CT molecular complexity index is 573. The van der Waals surface area contributed by atoms with Gasteiger partial charge in [0.1, 0.15) is 11.6 Å². The van der Waals surface area contributed by atoms with E-state index < -0.39 is 11.6 Å². The molecule has 1 unspecified atom stereocenters. The first-order valence-corrected chi connectivity index (χ1v) is 6.25. The van der Waals surface area contributed by atoms with E-state index in [0.29, 0.717) is 5.56 Å². The predicted molar refractivity (Wildman–Crippen MR) is 74.3 cm³/mol. The molecule has 3 heteroatoms. The molecule has 0 aliphatic carbocycles. The van der Waals surface area contributed by atoms with Crippen LogP contribution < -0.4 is 5.32 Å². The Morgan fingerprint density at radius 2 is 1.53 bits per heavy atom. The largest absolute Gasteiger partial charge is 0.379 e. The molecule has 0 saturated heterocycles. The van der Waals surface area contributed by atoms with Crippen molar-refractivity contribution in [3.63, 3.8) is 0 Å². The second-order valence-corrected chi connectivity index (χ2v) is 4.87. The van der Waals surface area contributed by atoms with Crippen molar-refractivity contribution < 1.29 is 8.78 Å². The fourth-order valence-electron chi connectivity index (χ4n) is 1.99. The van der Waals surface area contributed by atoms with Gasteiger partial charge in [0.2, 0.25) is 0 Å². The number of hydrogen-bond acceptors (Lipinski definition) is 1. The molecule has 2 aromatic carbocycles. The van der Waals surface area contributed by atoms with Crippen LogP contribution in [0.4, 0.5) is 14.5 Å². The van der Waals surface area contributed by atoms with Crippen LogP contribution >= 0.6 is 0 Å². The number of rotatable bonds is 3. The van der Waals surface area contributed by atoms with Gasteiger partial charge in [-0.05, 0) is 61.7 Å². The van der Waals surface area contributed by atoms with E-state index >= 15 is 0 Å². The lowest BCUT2D eigenvalue weighted by molar-refractivity contribution is 0.577. The monoisotopic (exact) mass is 261 g/mol. The Hall–Kier alpha value is -1.90. The molecule has 0 aromatic heterocycles. The fraction of sp³-hybridized carbons (Fsp3) is 0.250. The van der Waals surface area contributed by atoms with E-state index in [1.807, 2.05) is 39.0 Å². The third-order valence-corrected chi connectivity index (χ3v) is 3.27. The number of benzene rings is 2. The lowest BCUT2D eigenvalue weighted by Crippen LogP contribution is -2.07. The van der Waals surface area contributed by atoms with E-state index in [2.05, 4.69) is 5.32 Å². The number of anilines is 1. The Balaban J connectivity index is 2.20. The van der Waals surface area contributed by atoms with Crippen LogP contribution in [0, 0.1) is 25.5 Å². The SMILES string of the molecule is Cc1ccc(NC(C)c2cc(F)cc(F)c2)cc1C. The van der Waals surface area contributed by atoms with Crippen LogP contribution in [0.3, 0.4) is 0 Å². The molecule has 0 amide bonds. The van der Waals surface area contributed by atoms with Crippen molar-refractivity contribution in [2.24, 2.45) is 0 Å². The molecule has 0 radical (unpaired) electrons. The van der Waals surface area contributed by atoms with E-state index in [9.17, 15) is 8.78 Å². The minimum Gasteiger partial charge on any atom is -0.379 e. The van der Waals surface area contributed by atoms with E-state index in [0.717, 1.165) is 11.8 Å². The van der Waals surface area contributed by atoms with Gasteiger partial charge in [-0.15, -0.1) is 0 Å². The summed E-state index contributed by atoms with van der Waals surface area (Å²) in [7, 11) is 0. The molecule has 1 nitrogen and oxygen atoms in total. The molecule has 100 valence electrons. The standard InChI is InChI=1S/C16H17F2N/c1-10-4-5-16(6-11(10)2)19-12(3)13-7-14(17)9-15(18)8-13/h4-9,12,19H,1-3H3. The molecule has 2 rings (SSSR count). The summed E-state index contributed by atoms with van der Waals surface area (Å²) in [5, 5.41) is 3.25. The van der Waals surface area contributed by atoms with Crippen LogP contribution in [0.15, 0.2) is 36.4 Å². The topological polar surface area (TPSA) is 12.0 Å². The molecule has 19 heavy (non-hydrogen) atoms. The van der Waals surface area contributed by atoms with E-state index in [-0.39, 0.29) is 6.04 Å². The van der Waals surface area contributed by atoms with Crippen molar-refractivity contribution in [3.8, 4) is 0 Å². The first-order valence-electron chi connectivity index (χ1n) is 6.25. The van der Waals surface area contributed by atoms with E-state index in [4.69, 9.17) is 0 Å². The second-order valence-electron chi connectivity index (χ2n) is 4.87. The van der Waals surface area contributed by atoms with Gasteiger partial charge in [0, 0.05) is 17.8 Å². The highest BCUT2D eigenvalue weighted by Crippen LogP contribution is 2.22. The van der Waals surface area contributed by atoms with Gasteiger partial charge in [0.15, 0.2) is 0 Å². The molecule has 1 N–H and O–H groups in total. The molecule has 1 atom stereocenters. The molecular formula is C16H17F2N. The number of halogens is 2. The number of nitrogens with one attached hydrogen (secondary N) is 1. The average molecular weight is 261 g/mol. The zero-order valence-corrected chi connectivity index (χ0v) is 11.3. The maximum atomic E-state index is 13.2. The summed E-state index contributed by atoms with van der Waals surface area (Å²) in [6.07, 6.45) is 0. The van der Waals surface area contributed by atoms with Gasteiger partial charge >= 0.3 is 0 Å². The molecular weight excluding hydrogens is 244 g/mol.